The molecule has 19 heteroatoms. The molecule has 0 spiro atoms. The average molecular weight is 1450 g/mol. The molecular weight excluding hydrogens is 1290 g/mol. The molecule has 0 fully saturated rings. The summed E-state index contributed by atoms with van der Waals surface area (Å²) in [6.45, 7) is 7.16. The lowest BCUT2D eigenvalue weighted by Crippen LogP contribution is -2.30. The SMILES string of the molecule is CCCCCCCCCCCCCCCCCCCCCCCCC(=O)O[C@H](COC(=O)CCCCCCCCCCCCCCCCCCCCCCC)COP(=O)(O)OC[C@@H](O)COP(=O)(O)OC[C@@H](COC(=O)CCCCCCCCC)OC(=O)CCCCCCCCC(C)C. The highest BCUT2D eigenvalue weighted by atomic mass is 31.2. The maximum Gasteiger partial charge on any atom is 0.472 e. The molecule has 0 aromatic carbocycles. The Kier molecular flexibility index (Phi) is 71.6. The van der Waals surface area contributed by atoms with Crippen molar-refractivity contribution in [3.63, 3.8) is 0 Å². The Labute approximate surface area is 607 Å². The Hall–Kier alpha value is -1.94. The van der Waals surface area contributed by atoms with Crippen LogP contribution in [0.25, 0.3) is 0 Å². The highest BCUT2D eigenvalue weighted by Gasteiger charge is 2.30. The molecule has 0 saturated heterocycles. The van der Waals surface area contributed by atoms with Gasteiger partial charge in [0.25, 0.3) is 0 Å². The molecule has 0 heterocycles. The van der Waals surface area contributed by atoms with E-state index in [1.54, 1.807) is 0 Å². The van der Waals surface area contributed by atoms with Gasteiger partial charge in [-0.25, -0.2) is 9.13 Å². The molecular formula is C80H156O17P2. The van der Waals surface area contributed by atoms with Crippen LogP contribution in [0.1, 0.15) is 426 Å². The van der Waals surface area contributed by atoms with Gasteiger partial charge in [0.15, 0.2) is 12.2 Å². The minimum absolute atomic E-state index is 0.102. The molecule has 0 aromatic heterocycles. The molecule has 0 radical (unpaired) electrons. The summed E-state index contributed by atoms with van der Waals surface area (Å²) >= 11 is 0. The molecule has 0 saturated carbocycles. The van der Waals surface area contributed by atoms with Gasteiger partial charge in [0.2, 0.25) is 0 Å². The van der Waals surface area contributed by atoms with Gasteiger partial charge in [0, 0.05) is 25.7 Å². The summed E-state index contributed by atoms with van der Waals surface area (Å²) in [6, 6.07) is 0. The van der Waals surface area contributed by atoms with E-state index in [0.29, 0.717) is 31.6 Å². The van der Waals surface area contributed by atoms with Gasteiger partial charge >= 0.3 is 39.5 Å². The number of hydrogen-bond donors (Lipinski definition) is 3. The maximum absolute atomic E-state index is 13.1. The fourth-order valence-electron chi connectivity index (χ4n) is 12.4. The van der Waals surface area contributed by atoms with Gasteiger partial charge < -0.3 is 33.8 Å². The van der Waals surface area contributed by atoms with Crippen molar-refractivity contribution in [2.24, 2.45) is 5.92 Å². The molecule has 0 bridgehead atoms. The third kappa shape index (κ3) is 74.1. The van der Waals surface area contributed by atoms with E-state index >= 15 is 0 Å². The van der Waals surface area contributed by atoms with Crippen molar-refractivity contribution in [2.45, 2.75) is 445 Å². The first kappa shape index (κ1) is 97.1. The van der Waals surface area contributed by atoms with Gasteiger partial charge in [-0.05, 0) is 31.6 Å². The number of hydrogen-bond acceptors (Lipinski definition) is 15. The van der Waals surface area contributed by atoms with E-state index in [9.17, 15) is 43.2 Å². The van der Waals surface area contributed by atoms with Crippen molar-refractivity contribution in [3.8, 4) is 0 Å². The molecule has 0 aromatic rings. The van der Waals surface area contributed by atoms with Crippen molar-refractivity contribution in [1.29, 1.82) is 0 Å². The van der Waals surface area contributed by atoms with E-state index < -0.39 is 97.5 Å². The van der Waals surface area contributed by atoms with Crippen LogP contribution in [0.5, 0.6) is 0 Å². The first-order chi connectivity index (χ1) is 48.0. The Morgan fingerprint density at radius 1 is 0.273 bits per heavy atom. The second-order valence-electron chi connectivity index (χ2n) is 29.3. The lowest BCUT2D eigenvalue weighted by atomic mass is 10.0. The van der Waals surface area contributed by atoms with Gasteiger partial charge in [0.05, 0.1) is 26.4 Å². The van der Waals surface area contributed by atoms with E-state index in [1.165, 1.54) is 238 Å². The van der Waals surface area contributed by atoms with Crippen LogP contribution in [0, 0.1) is 5.92 Å². The largest absolute Gasteiger partial charge is 0.472 e. The molecule has 0 aliphatic heterocycles. The predicted octanol–water partition coefficient (Wildman–Crippen LogP) is 24.0. The highest BCUT2D eigenvalue weighted by Crippen LogP contribution is 2.45. The minimum Gasteiger partial charge on any atom is -0.462 e. The van der Waals surface area contributed by atoms with Crippen LogP contribution in [0.15, 0.2) is 0 Å². The highest BCUT2D eigenvalue weighted by molar-refractivity contribution is 7.47. The van der Waals surface area contributed by atoms with E-state index in [0.717, 1.165) is 103 Å². The Balaban J connectivity index is 5.11. The number of aliphatic hydroxyl groups is 1. The van der Waals surface area contributed by atoms with E-state index in [2.05, 4.69) is 34.6 Å². The van der Waals surface area contributed by atoms with Crippen LogP contribution in [0.2, 0.25) is 0 Å². The number of carbonyl (C=O) groups excluding carboxylic acids is 4. The van der Waals surface area contributed by atoms with Gasteiger partial charge in [-0.2, -0.15) is 0 Å². The quantitative estimate of drug-likeness (QED) is 0.0222. The number of rotatable bonds is 80. The Bertz CT molecular complexity index is 1890. The fourth-order valence-corrected chi connectivity index (χ4v) is 14.0. The van der Waals surface area contributed by atoms with E-state index in [4.69, 9.17) is 37.0 Å². The zero-order valence-electron chi connectivity index (χ0n) is 64.6. The zero-order chi connectivity index (χ0) is 72.7. The molecule has 2 unspecified atom stereocenters. The summed E-state index contributed by atoms with van der Waals surface area (Å²) < 4.78 is 68.4. The topological polar surface area (TPSA) is 237 Å². The molecule has 5 atom stereocenters. The van der Waals surface area contributed by atoms with Crippen molar-refractivity contribution >= 4 is 39.5 Å². The summed E-state index contributed by atoms with van der Waals surface area (Å²) in [5.74, 6) is -1.45. The number of aliphatic hydroxyl groups excluding tert-OH is 1. The standard InChI is InChI=1S/C80H156O17P2/c1-6-9-12-15-18-20-22-24-26-28-30-32-34-36-38-40-42-44-46-49-55-60-65-79(84)96-75(70-91-78(83)64-59-54-48-45-43-41-39-37-35-33-31-29-27-25-23-21-19-16-13-10-7-2)71-94-98(86,87)92-67-74(81)68-93-99(88,89)95-72-76(69-90-77(82)63-58-53-47-17-14-11-8-3)97-80(85)66-61-56-51-50-52-57-62-73(4)5/h73-76,81H,6-72H2,1-5H3,(H,86,87)(H,88,89)/t74-,75-,76-/m1/s1. The molecule has 17 nitrogen and oxygen atoms in total. The Morgan fingerprint density at radius 3 is 0.687 bits per heavy atom. The zero-order valence-corrected chi connectivity index (χ0v) is 66.4. The molecule has 3 N–H and O–H groups in total. The first-order valence-electron chi connectivity index (χ1n) is 41.6. The molecule has 588 valence electrons. The summed E-state index contributed by atoms with van der Waals surface area (Å²) in [5, 5.41) is 10.6. The number of unbranched alkanes of at least 4 members (excludes halogenated alkanes) is 52. The summed E-state index contributed by atoms with van der Waals surface area (Å²) in [4.78, 5) is 72.7. The van der Waals surface area contributed by atoms with Crippen molar-refractivity contribution in [3.05, 3.63) is 0 Å². The van der Waals surface area contributed by atoms with Crippen LogP contribution in [-0.2, 0) is 65.4 Å². The monoisotopic (exact) mass is 1450 g/mol. The second kappa shape index (κ2) is 73.0. The molecule has 99 heavy (non-hydrogen) atoms. The van der Waals surface area contributed by atoms with Crippen LogP contribution < -0.4 is 0 Å². The molecule has 0 amide bonds. The maximum atomic E-state index is 13.1. The van der Waals surface area contributed by atoms with Crippen LogP contribution in [0.4, 0.5) is 0 Å². The predicted molar refractivity (Wildman–Crippen MR) is 405 cm³/mol. The van der Waals surface area contributed by atoms with Crippen molar-refractivity contribution in [1.82, 2.24) is 0 Å². The lowest BCUT2D eigenvalue weighted by molar-refractivity contribution is -0.161. The Morgan fingerprint density at radius 2 is 0.465 bits per heavy atom. The fraction of sp³-hybridized carbons (Fsp3) is 0.950. The van der Waals surface area contributed by atoms with Crippen molar-refractivity contribution in [2.75, 3.05) is 39.6 Å². The molecule has 0 aliphatic carbocycles. The van der Waals surface area contributed by atoms with Crippen LogP contribution in [0.3, 0.4) is 0 Å². The summed E-state index contributed by atoms with van der Waals surface area (Å²) in [5.41, 5.74) is 0. The smallest absolute Gasteiger partial charge is 0.462 e. The van der Waals surface area contributed by atoms with Gasteiger partial charge in [-0.1, -0.05) is 375 Å². The number of esters is 4. The first-order valence-corrected chi connectivity index (χ1v) is 44.6. The summed E-state index contributed by atoms with van der Waals surface area (Å²) in [7, 11) is -9.91. The van der Waals surface area contributed by atoms with Crippen LogP contribution >= 0.6 is 15.6 Å². The minimum atomic E-state index is -4.96. The third-order valence-electron chi connectivity index (χ3n) is 18.8. The van der Waals surface area contributed by atoms with Gasteiger partial charge in [-0.3, -0.25) is 37.3 Å². The van der Waals surface area contributed by atoms with Gasteiger partial charge in [-0.15, -0.1) is 0 Å². The van der Waals surface area contributed by atoms with Gasteiger partial charge in [0.1, 0.15) is 19.3 Å². The van der Waals surface area contributed by atoms with Crippen LogP contribution in [-0.4, -0.2) is 96.7 Å². The lowest BCUT2D eigenvalue weighted by Gasteiger charge is -2.21. The number of ether oxygens (including phenoxy) is 4. The summed E-state index contributed by atoms with van der Waals surface area (Å²) in [6.07, 6.45) is 64.6. The average Bonchev–Trinajstić information content (AvgIpc) is 1.52. The number of phosphoric acid groups is 2. The number of phosphoric ester groups is 2. The van der Waals surface area contributed by atoms with Crippen molar-refractivity contribution < 1.29 is 80.2 Å². The second-order valence-corrected chi connectivity index (χ2v) is 32.2. The number of carbonyl (C=O) groups is 4. The normalized spacial score (nSPS) is 13.9. The molecule has 0 rings (SSSR count). The van der Waals surface area contributed by atoms with E-state index in [-0.39, 0.29) is 25.7 Å². The third-order valence-corrected chi connectivity index (χ3v) is 20.7. The molecule has 0 aliphatic rings. The van der Waals surface area contributed by atoms with E-state index in [1.807, 2.05) is 0 Å².